The van der Waals surface area contributed by atoms with Gasteiger partial charge in [-0.05, 0) is 99.1 Å². The molecule has 0 unspecified atom stereocenters. The van der Waals surface area contributed by atoms with E-state index in [-0.39, 0.29) is 5.43 Å². The number of aromatic nitrogens is 1. The van der Waals surface area contributed by atoms with E-state index < -0.39 is 0 Å². The number of hydrogen-bond acceptors (Lipinski definition) is 2. The Morgan fingerprint density at radius 1 is 0.327 bits per heavy atom. The molecular formula is C49H29NO2. The average Bonchev–Trinajstić information content (AvgIpc) is 3.73. The van der Waals surface area contributed by atoms with Crippen LogP contribution in [0, 0.1) is 0 Å². The van der Waals surface area contributed by atoms with Crippen LogP contribution < -0.4 is 5.43 Å². The van der Waals surface area contributed by atoms with Gasteiger partial charge in [-0.2, -0.15) is 0 Å². The summed E-state index contributed by atoms with van der Waals surface area (Å²) in [4.78, 5) is 13.1. The van der Waals surface area contributed by atoms with Crippen LogP contribution in [0.15, 0.2) is 185 Å². The second-order valence-corrected chi connectivity index (χ2v) is 13.7. The third-order valence-corrected chi connectivity index (χ3v) is 10.7. The Morgan fingerprint density at radius 3 is 1.40 bits per heavy atom. The van der Waals surface area contributed by atoms with Gasteiger partial charge in [0.05, 0.1) is 27.3 Å². The lowest BCUT2D eigenvalue weighted by atomic mass is 9.94. The molecule has 11 aromatic rings. The molecule has 11 rings (SSSR count). The SMILES string of the molecule is O=c1c2ccccc2oc2cc(-c3cccc(-c4cccc(-c5cccc(-c6ccc7c8cccc9c%10ccccc%10n(c7c6)c98)c5)c4)c3)ccc12. The zero-order chi connectivity index (χ0) is 34.3. The van der Waals surface area contributed by atoms with E-state index in [1.54, 1.807) is 0 Å². The van der Waals surface area contributed by atoms with Gasteiger partial charge in [-0.25, -0.2) is 0 Å². The molecule has 0 bridgehead atoms. The molecule has 3 heterocycles. The average molecular weight is 664 g/mol. The highest BCUT2D eigenvalue weighted by Gasteiger charge is 2.17. The Hall–Kier alpha value is -6.97. The van der Waals surface area contributed by atoms with Gasteiger partial charge in [0.25, 0.3) is 0 Å². The highest BCUT2D eigenvalue weighted by atomic mass is 16.3. The smallest absolute Gasteiger partial charge is 0.200 e. The van der Waals surface area contributed by atoms with Crippen LogP contribution in [-0.4, -0.2) is 4.40 Å². The quantitative estimate of drug-likeness (QED) is 0.176. The standard InChI is InChI=1S/C49H29NO2/c51-49-42-16-2-4-20-46(42)52-47-29-37(22-24-43(47)49)35-14-7-12-33(27-35)31-10-5-9-30(25-31)32-11-6-13-34(26-32)36-21-23-39-41-18-8-17-40-38-15-1-3-19-44(38)50(48(40)41)45(39)28-36/h1-29H. The summed E-state index contributed by atoms with van der Waals surface area (Å²) < 4.78 is 8.61. The summed E-state index contributed by atoms with van der Waals surface area (Å²) in [7, 11) is 0. The van der Waals surface area contributed by atoms with Crippen molar-refractivity contribution in [2.75, 3.05) is 0 Å². The molecule has 52 heavy (non-hydrogen) atoms. The number of fused-ring (bicyclic) bond motifs is 8. The molecule has 0 N–H and O–H groups in total. The monoisotopic (exact) mass is 663 g/mol. The van der Waals surface area contributed by atoms with Crippen molar-refractivity contribution in [3.05, 3.63) is 186 Å². The number of rotatable bonds is 4. The maximum Gasteiger partial charge on any atom is 0.200 e. The van der Waals surface area contributed by atoms with Crippen molar-refractivity contribution < 1.29 is 4.42 Å². The first kappa shape index (κ1) is 28.8. The molecule has 0 saturated carbocycles. The van der Waals surface area contributed by atoms with Crippen LogP contribution in [0.4, 0.5) is 0 Å². The number of hydrogen-bond donors (Lipinski definition) is 0. The summed E-state index contributed by atoms with van der Waals surface area (Å²) >= 11 is 0. The van der Waals surface area contributed by atoms with Crippen LogP contribution in [0.2, 0.25) is 0 Å². The van der Waals surface area contributed by atoms with Crippen LogP contribution in [0.3, 0.4) is 0 Å². The number of para-hydroxylation sites is 3. The van der Waals surface area contributed by atoms with Gasteiger partial charge in [-0.3, -0.25) is 4.79 Å². The van der Waals surface area contributed by atoms with E-state index in [9.17, 15) is 4.79 Å². The zero-order valence-electron chi connectivity index (χ0n) is 28.0. The van der Waals surface area contributed by atoms with Crippen LogP contribution in [0.25, 0.3) is 105 Å². The molecule has 3 nitrogen and oxygen atoms in total. The van der Waals surface area contributed by atoms with E-state index in [4.69, 9.17) is 4.42 Å². The molecule has 0 aliphatic heterocycles. The first-order chi connectivity index (χ1) is 25.7. The normalized spacial score (nSPS) is 11.9. The third-order valence-electron chi connectivity index (χ3n) is 10.7. The minimum Gasteiger partial charge on any atom is -0.456 e. The summed E-state index contributed by atoms with van der Waals surface area (Å²) in [5.74, 6) is 0. The highest BCUT2D eigenvalue weighted by Crippen LogP contribution is 2.40. The van der Waals surface area contributed by atoms with Crippen molar-refractivity contribution in [1.82, 2.24) is 4.40 Å². The molecule has 0 spiro atoms. The Labute approximate surface area is 298 Å². The fraction of sp³-hybridized carbons (Fsp3) is 0. The van der Waals surface area contributed by atoms with Crippen LogP contribution >= 0.6 is 0 Å². The van der Waals surface area contributed by atoms with Gasteiger partial charge in [-0.15, -0.1) is 0 Å². The predicted molar refractivity (Wildman–Crippen MR) is 216 cm³/mol. The molecule has 0 atom stereocenters. The maximum atomic E-state index is 13.1. The summed E-state index contributed by atoms with van der Waals surface area (Å²) in [6.07, 6.45) is 0. The van der Waals surface area contributed by atoms with Gasteiger partial charge in [0.15, 0.2) is 0 Å². The van der Waals surface area contributed by atoms with Crippen molar-refractivity contribution >= 4 is 60.0 Å². The Morgan fingerprint density at radius 2 is 0.769 bits per heavy atom. The first-order valence-corrected chi connectivity index (χ1v) is 17.6. The largest absolute Gasteiger partial charge is 0.456 e. The highest BCUT2D eigenvalue weighted by molar-refractivity contribution is 6.23. The molecule has 3 aromatic heterocycles. The van der Waals surface area contributed by atoms with Crippen molar-refractivity contribution in [2.45, 2.75) is 0 Å². The van der Waals surface area contributed by atoms with Gasteiger partial charge >= 0.3 is 0 Å². The predicted octanol–water partition coefficient (Wildman–Crippen LogP) is 12.8. The molecule has 0 aliphatic rings. The van der Waals surface area contributed by atoms with Crippen molar-refractivity contribution in [3.8, 4) is 44.5 Å². The van der Waals surface area contributed by atoms with E-state index in [0.717, 1.165) is 27.8 Å². The van der Waals surface area contributed by atoms with Crippen LogP contribution in [0.1, 0.15) is 0 Å². The lowest BCUT2D eigenvalue weighted by Crippen LogP contribution is -2.01. The zero-order valence-corrected chi connectivity index (χ0v) is 28.0. The molecule has 242 valence electrons. The van der Waals surface area contributed by atoms with E-state index >= 15 is 0 Å². The van der Waals surface area contributed by atoms with Crippen molar-refractivity contribution in [3.63, 3.8) is 0 Å². The van der Waals surface area contributed by atoms with E-state index in [0.29, 0.717) is 21.9 Å². The third kappa shape index (κ3) is 4.30. The fourth-order valence-corrected chi connectivity index (χ4v) is 8.23. The molecular weight excluding hydrogens is 635 g/mol. The van der Waals surface area contributed by atoms with E-state index in [1.165, 1.54) is 54.8 Å². The second-order valence-electron chi connectivity index (χ2n) is 13.7. The molecule has 8 aromatic carbocycles. The number of benzene rings is 8. The fourth-order valence-electron chi connectivity index (χ4n) is 8.23. The molecule has 0 amide bonds. The summed E-state index contributed by atoms with van der Waals surface area (Å²) in [5.41, 5.74) is 14.0. The Kier molecular flexibility index (Phi) is 6.11. The molecule has 0 saturated heterocycles. The van der Waals surface area contributed by atoms with Gasteiger partial charge < -0.3 is 8.82 Å². The minimum absolute atomic E-state index is 0.00395. The minimum atomic E-state index is -0.00395. The molecule has 0 fully saturated rings. The van der Waals surface area contributed by atoms with E-state index in [1.807, 2.05) is 42.5 Å². The maximum absolute atomic E-state index is 13.1. The molecule has 3 heteroatoms. The molecule has 0 radical (unpaired) electrons. The Bertz CT molecular complexity index is 3270. The van der Waals surface area contributed by atoms with Crippen LogP contribution in [0.5, 0.6) is 0 Å². The van der Waals surface area contributed by atoms with Crippen molar-refractivity contribution in [2.24, 2.45) is 0 Å². The summed E-state index contributed by atoms with van der Waals surface area (Å²) in [6, 6.07) is 61.7. The topological polar surface area (TPSA) is 34.6 Å². The second kappa shape index (κ2) is 11.0. The lowest BCUT2D eigenvalue weighted by molar-refractivity contribution is 0.660. The van der Waals surface area contributed by atoms with Crippen molar-refractivity contribution in [1.29, 1.82) is 0 Å². The summed E-state index contributed by atoms with van der Waals surface area (Å²) in [6.45, 7) is 0. The van der Waals surface area contributed by atoms with Gasteiger partial charge in [-0.1, -0.05) is 121 Å². The van der Waals surface area contributed by atoms with Gasteiger partial charge in [0.1, 0.15) is 11.2 Å². The summed E-state index contributed by atoms with van der Waals surface area (Å²) in [5, 5.41) is 6.37. The Balaban J connectivity index is 0.964. The lowest BCUT2D eigenvalue weighted by Gasteiger charge is -2.10. The van der Waals surface area contributed by atoms with E-state index in [2.05, 4.69) is 138 Å². The van der Waals surface area contributed by atoms with Gasteiger partial charge in [0, 0.05) is 21.5 Å². The van der Waals surface area contributed by atoms with Crippen LogP contribution in [-0.2, 0) is 0 Å². The van der Waals surface area contributed by atoms with Gasteiger partial charge in [0.2, 0.25) is 5.43 Å². The molecule has 0 aliphatic carbocycles. The number of nitrogens with zero attached hydrogens (tertiary/aromatic N) is 1. The first-order valence-electron chi connectivity index (χ1n) is 17.6.